The van der Waals surface area contributed by atoms with Crippen LogP contribution in [0.25, 0.3) is 0 Å². The van der Waals surface area contributed by atoms with Crippen LogP contribution in [0.2, 0.25) is 0 Å². The average Bonchev–Trinajstić information content (AvgIpc) is 3.08. The van der Waals surface area contributed by atoms with E-state index in [2.05, 4.69) is 6.07 Å². The lowest BCUT2D eigenvalue weighted by atomic mass is 10.1. The van der Waals surface area contributed by atoms with Crippen LogP contribution in [-0.2, 0) is 20.9 Å². The molecule has 1 aliphatic heterocycles. The van der Waals surface area contributed by atoms with E-state index in [1.165, 1.54) is 0 Å². The molecule has 1 aliphatic rings. The molecule has 26 heavy (non-hydrogen) atoms. The van der Waals surface area contributed by atoms with Gasteiger partial charge in [0.1, 0.15) is 6.61 Å². The van der Waals surface area contributed by atoms with Gasteiger partial charge in [-0.1, -0.05) is 48.5 Å². The van der Waals surface area contributed by atoms with Crippen LogP contribution in [0.5, 0.6) is 0 Å². The summed E-state index contributed by atoms with van der Waals surface area (Å²) in [5, 5.41) is 9.09. The van der Waals surface area contributed by atoms with Gasteiger partial charge in [-0.15, -0.1) is 0 Å². The maximum atomic E-state index is 12.4. The number of ether oxygens (including phenoxy) is 1. The Morgan fingerprint density at radius 3 is 2.65 bits per heavy atom. The van der Waals surface area contributed by atoms with E-state index in [1.54, 1.807) is 29.2 Å². The van der Waals surface area contributed by atoms with Gasteiger partial charge in [-0.25, -0.2) is 0 Å². The van der Waals surface area contributed by atoms with Crippen LogP contribution in [0.1, 0.15) is 36.1 Å². The highest BCUT2D eigenvalue weighted by molar-refractivity contribution is 5.87. The minimum atomic E-state index is -0.470. The molecule has 0 aliphatic carbocycles. The van der Waals surface area contributed by atoms with Crippen LogP contribution in [0.15, 0.2) is 54.6 Å². The lowest BCUT2D eigenvalue weighted by molar-refractivity contribution is -0.149. The second-order valence-corrected chi connectivity index (χ2v) is 6.41. The summed E-state index contributed by atoms with van der Waals surface area (Å²) in [6.45, 7) is 2.36. The first-order valence-corrected chi connectivity index (χ1v) is 8.59. The number of likely N-dealkylation sites (tertiary alicyclic amines) is 1. The minimum Gasteiger partial charge on any atom is -0.460 e. The number of nitrogens with zero attached hydrogens (tertiary/aromatic N) is 2. The lowest BCUT2D eigenvalue weighted by Gasteiger charge is -2.25. The third-order valence-electron chi connectivity index (χ3n) is 4.75. The molecule has 1 heterocycles. The van der Waals surface area contributed by atoms with E-state index >= 15 is 0 Å². The highest BCUT2D eigenvalue weighted by atomic mass is 16.5. The number of hydrogen-bond acceptors (Lipinski definition) is 4. The molecule has 0 N–H and O–H groups in total. The fourth-order valence-electron chi connectivity index (χ4n) is 3.20. The van der Waals surface area contributed by atoms with Crippen molar-refractivity contribution < 1.29 is 14.3 Å². The van der Waals surface area contributed by atoms with E-state index in [1.807, 2.05) is 37.3 Å². The Morgan fingerprint density at radius 1 is 1.23 bits per heavy atom. The number of esters is 1. The first kappa shape index (κ1) is 17.7. The van der Waals surface area contributed by atoms with Crippen molar-refractivity contribution in [1.82, 2.24) is 4.90 Å². The van der Waals surface area contributed by atoms with Gasteiger partial charge in [0.2, 0.25) is 5.91 Å². The molecule has 5 heteroatoms. The van der Waals surface area contributed by atoms with E-state index in [0.29, 0.717) is 17.7 Å². The highest BCUT2D eigenvalue weighted by Gasteiger charge is 2.37. The first-order valence-electron chi connectivity index (χ1n) is 8.59. The fraction of sp³-hybridized carbons (Fsp3) is 0.286. The molecule has 2 atom stereocenters. The molecule has 0 radical (unpaired) electrons. The summed E-state index contributed by atoms with van der Waals surface area (Å²) in [6, 6.07) is 18.8. The normalized spacial score (nSPS) is 17.6. The Kier molecular flexibility index (Phi) is 5.33. The third-order valence-corrected chi connectivity index (χ3v) is 4.75. The molecule has 0 saturated carbocycles. The van der Waals surface area contributed by atoms with Crippen molar-refractivity contribution in [3.63, 3.8) is 0 Å². The summed E-state index contributed by atoms with van der Waals surface area (Å²) in [7, 11) is 0. The molecule has 2 aromatic carbocycles. The van der Waals surface area contributed by atoms with Crippen LogP contribution in [0.4, 0.5) is 0 Å². The Bertz CT molecular complexity index is 842. The number of carbonyl (C=O) groups excluding carboxylic acids is 2. The number of rotatable bonds is 5. The molecule has 132 valence electrons. The predicted molar refractivity (Wildman–Crippen MR) is 95.6 cm³/mol. The van der Waals surface area contributed by atoms with Gasteiger partial charge in [0.25, 0.3) is 0 Å². The van der Waals surface area contributed by atoms with E-state index in [9.17, 15) is 9.59 Å². The monoisotopic (exact) mass is 348 g/mol. The largest absolute Gasteiger partial charge is 0.460 e. The molecule has 1 amide bonds. The van der Waals surface area contributed by atoms with Gasteiger partial charge >= 0.3 is 5.97 Å². The molecule has 0 spiro atoms. The van der Waals surface area contributed by atoms with Crippen molar-refractivity contribution in [2.75, 3.05) is 6.54 Å². The summed E-state index contributed by atoms with van der Waals surface area (Å²) in [5.74, 6) is -0.905. The third kappa shape index (κ3) is 3.75. The Balaban J connectivity index is 1.61. The van der Waals surface area contributed by atoms with Crippen LogP contribution in [0.3, 0.4) is 0 Å². The van der Waals surface area contributed by atoms with Gasteiger partial charge < -0.3 is 9.64 Å². The maximum absolute atomic E-state index is 12.4. The summed E-state index contributed by atoms with van der Waals surface area (Å²) >= 11 is 0. The zero-order chi connectivity index (χ0) is 18.5. The molecule has 0 aromatic heterocycles. The minimum absolute atomic E-state index is 0.0410. The van der Waals surface area contributed by atoms with Gasteiger partial charge in [0, 0.05) is 18.5 Å². The summed E-state index contributed by atoms with van der Waals surface area (Å²) in [6.07, 6.45) is 0.163. The Labute approximate surface area is 152 Å². The van der Waals surface area contributed by atoms with Gasteiger partial charge in [0.15, 0.2) is 0 Å². The molecule has 1 saturated heterocycles. The standard InChI is InChI=1S/C21H20N2O3/c1-15(16-7-3-2-4-8-16)23-13-19(11-20(23)24)21(25)26-14-18-10-6-5-9-17(18)12-22/h2-10,15,19H,11,13-14H2,1H3/t15-,19+/m1/s1. The molecule has 1 fully saturated rings. The zero-order valence-corrected chi connectivity index (χ0v) is 14.6. The summed E-state index contributed by atoms with van der Waals surface area (Å²) in [4.78, 5) is 26.5. The van der Waals surface area contributed by atoms with Crippen molar-refractivity contribution in [3.8, 4) is 6.07 Å². The quantitative estimate of drug-likeness (QED) is 0.778. The van der Waals surface area contributed by atoms with E-state index < -0.39 is 11.9 Å². The fourth-order valence-corrected chi connectivity index (χ4v) is 3.20. The topological polar surface area (TPSA) is 70.4 Å². The number of amides is 1. The summed E-state index contributed by atoms with van der Waals surface area (Å²) < 4.78 is 5.37. The maximum Gasteiger partial charge on any atom is 0.311 e. The molecule has 0 bridgehead atoms. The zero-order valence-electron chi connectivity index (χ0n) is 14.6. The summed E-state index contributed by atoms with van der Waals surface area (Å²) in [5.41, 5.74) is 2.20. The molecular weight excluding hydrogens is 328 g/mol. The SMILES string of the molecule is C[C@H](c1ccccc1)N1C[C@@H](C(=O)OCc2ccccc2C#N)CC1=O. The first-order chi connectivity index (χ1) is 12.6. The average molecular weight is 348 g/mol. The van der Waals surface area contributed by atoms with Gasteiger partial charge in [-0.2, -0.15) is 5.26 Å². The van der Waals surface area contributed by atoms with Crippen LogP contribution in [-0.4, -0.2) is 23.3 Å². The van der Waals surface area contributed by atoms with Crippen molar-refractivity contribution in [2.24, 2.45) is 5.92 Å². The van der Waals surface area contributed by atoms with E-state index in [-0.39, 0.29) is 25.0 Å². The van der Waals surface area contributed by atoms with Gasteiger partial charge in [0.05, 0.1) is 23.6 Å². The molecular formula is C21H20N2O3. The van der Waals surface area contributed by atoms with E-state index in [4.69, 9.17) is 10.00 Å². The van der Waals surface area contributed by atoms with Crippen molar-refractivity contribution >= 4 is 11.9 Å². The lowest BCUT2D eigenvalue weighted by Crippen LogP contribution is -2.29. The molecule has 0 unspecified atom stereocenters. The molecule has 3 rings (SSSR count). The van der Waals surface area contributed by atoms with Crippen LogP contribution >= 0.6 is 0 Å². The van der Waals surface area contributed by atoms with Crippen molar-refractivity contribution in [2.45, 2.75) is 26.0 Å². The predicted octanol–water partition coefficient (Wildman–Crippen LogP) is 3.21. The molecule has 2 aromatic rings. The molecule has 5 nitrogen and oxygen atoms in total. The second kappa shape index (κ2) is 7.83. The number of hydrogen-bond donors (Lipinski definition) is 0. The van der Waals surface area contributed by atoms with Gasteiger partial charge in [-0.05, 0) is 18.6 Å². The van der Waals surface area contributed by atoms with E-state index in [0.717, 1.165) is 5.56 Å². The highest BCUT2D eigenvalue weighted by Crippen LogP contribution is 2.29. The van der Waals surface area contributed by atoms with Crippen molar-refractivity contribution in [3.05, 3.63) is 71.3 Å². The Hall–Kier alpha value is -3.13. The number of carbonyl (C=O) groups is 2. The van der Waals surface area contributed by atoms with Crippen LogP contribution in [0, 0.1) is 17.2 Å². The second-order valence-electron chi connectivity index (χ2n) is 6.41. The van der Waals surface area contributed by atoms with Gasteiger partial charge in [-0.3, -0.25) is 9.59 Å². The Morgan fingerprint density at radius 2 is 1.92 bits per heavy atom. The van der Waals surface area contributed by atoms with Crippen LogP contribution < -0.4 is 0 Å². The number of benzene rings is 2. The number of nitriles is 1. The van der Waals surface area contributed by atoms with Crippen molar-refractivity contribution in [1.29, 1.82) is 5.26 Å². The smallest absolute Gasteiger partial charge is 0.311 e.